The van der Waals surface area contributed by atoms with Gasteiger partial charge >= 0.3 is 0 Å². The maximum atomic E-state index is 6.15. The van der Waals surface area contributed by atoms with Crippen molar-refractivity contribution in [3.05, 3.63) is 34.6 Å². The zero-order chi connectivity index (χ0) is 12.5. The lowest BCUT2D eigenvalue weighted by atomic mass is 10.0. The standard InChI is InChI=1S/C13H13ClN4/c14-10-6-5-8(15)7-9(10)13-16-11-3-1-2-4-12(11)17-18-13/h5-7H,1-4,15H2. The average molecular weight is 261 g/mol. The van der Waals surface area contributed by atoms with Crippen molar-refractivity contribution < 1.29 is 0 Å². The third kappa shape index (κ3) is 2.04. The van der Waals surface area contributed by atoms with Gasteiger partial charge in [0.05, 0.1) is 16.4 Å². The van der Waals surface area contributed by atoms with Gasteiger partial charge in [0.2, 0.25) is 0 Å². The molecule has 3 rings (SSSR count). The van der Waals surface area contributed by atoms with Gasteiger partial charge < -0.3 is 5.73 Å². The summed E-state index contributed by atoms with van der Waals surface area (Å²) in [6.45, 7) is 0. The monoisotopic (exact) mass is 260 g/mol. The highest BCUT2D eigenvalue weighted by atomic mass is 35.5. The van der Waals surface area contributed by atoms with Crippen molar-refractivity contribution in [3.8, 4) is 11.4 Å². The Kier molecular flexibility index (Phi) is 2.88. The minimum absolute atomic E-state index is 0.563. The summed E-state index contributed by atoms with van der Waals surface area (Å²) in [5.41, 5.74) is 9.23. The average Bonchev–Trinajstić information content (AvgIpc) is 2.41. The van der Waals surface area contributed by atoms with Crippen molar-refractivity contribution in [1.29, 1.82) is 0 Å². The maximum Gasteiger partial charge on any atom is 0.183 e. The molecule has 0 fully saturated rings. The van der Waals surface area contributed by atoms with Crippen LogP contribution in [0, 0.1) is 0 Å². The van der Waals surface area contributed by atoms with Crippen molar-refractivity contribution in [2.45, 2.75) is 25.7 Å². The summed E-state index contributed by atoms with van der Waals surface area (Å²) in [4.78, 5) is 4.57. The number of aryl methyl sites for hydroxylation is 2. The van der Waals surface area contributed by atoms with E-state index in [2.05, 4.69) is 15.2 Å². The molecule has 1 aromatic carbocycles. The van der Waals surface area contributed by atoms with Crippen LogP contribution in [0.15, 0.2) is 18.2 Å². The summed E-state index contributed by atoms with van der Waals surface area (Å²) < 4.78 is 0. The lowest BCUT2D eigenvalue weighted by Gasteiger charge is -2.13. The van der Waals surface area contributed by atoms with Gasteiger partial charge in [0.15, 0.2) is 5.82 Å². The Bertz CT molecular complexity index is 598. The van der Waals surface area contributed by atoms with Crippen LogP contribution in [-0.2, 0) is 12.8 Å². The Morgan fingerprint density at radius 1 is 1.06 bits per heavy atom. The van der Waals surface area contributed by atoms with E-state index < -0.39 is 0 Å². The van der Waals surface area contributed by atoms with Crippen molar-refractivity contribution in [1.82, 2.24) is 15.2 Å². The zero-order valence-electron chi connectivity index (χ0n) is 9.86. The Morgan fingerprint density at radius 2 is 1.83 bits per heavy atom. The van der Waals surface area contributed by atoms with E-state index in [1.807, 2.05) is 0 Å². The zero-order valence-corrected chi connectivity index (χ0v) is 10.6. The van der Waals surface area contributed by atoms with Crippen LogP contribution in [0.25, 0.3) is 11.4 Å². The molecule has 0 radical (unpaired) electrons. The van der Waals surface area contributed by atoms with Gasteiger partial charge in [-0.3, -0.25) is 0 Å². The van der Waals surface area contributed by atoms with Crippen LogP contribution in [0.3, 0.4) is 0 Å². The van der Waals surface area contributed by atoms with E-state index in [-0.39, 0.29) is 0 Å². The SMILES string of the molecule is Nc1ccc(Cl)c(-c2nnc3c(n2)CCCC3)c1. The Labute approximate surface area is 110 Å². The van der Waals surface area contributed by atoms with E-state index in [4.69, 9.17) is 17.3 Å². The van der Waals surface area contributed by atoms with Crippen LogP contribution in [0.2, 0.25) is 5.02 Å². The van der Waals surface area contributed by atoms with Crippen molar-refractivity contribution in [2.75, 3.05) is 5.73 Å². The fourth-order valence-corrected chi connectivity index (χ4v) is 2.39. The van der Waals surface area contributed by atoms with Gasteiger partial charge in [0, 0.05) is 11.3 Å². The summed E-state index contributed by atoms with van der Waals surface area (Å²) in [7, 11) is 0. The highest BCUT2D eigenvalue weighted by Gasteiger charge is 2.15. The summed E-state index contributed by atoms with van der Waals surface area (Å²) in [6, 6.07) is 5.31. The fraction of sp³-hybridized carbons (Fsp3) is 0.308. The van der Waals surface area contributed by atoms with Gasteiger partial charge in [0.1, 0.15) is 0 Å². The molecule has 0 amide bonds. The molecule has 1 aliphatic carbocycles. The third-order valence-electron chi connectivity index (χ3n) is 3.15. The Balaban J connectivity index is 2.09. The predicted octanol–water partition coefficient (Wildman–Crippen LogP) is 2.65. The fourth-order valence-electron chi connectivity index (χ4n) is 2.19. The molecule has 0 spiro atoms. The highest BCUT2D eigenvalue weighted by molar-refractivity contribution is 6.33. The van der Waals surface area contributed by atoms with Gasteiger partial charge in [-0.15, -0.1) is 5.10 Å². The number of aromatic nitrogens is 3. The smallest absolute Gasteiger partial charge is 0.183 e. The lowest BCUT2D eigenvalue weighted by molar-refractivity contribution is 0.634. The van der Waals surface area contributed by atoms with E-state index in [1.54, 1.807) is 18.2 Å². The maximum absolute atomic E-state index is 6.15. The lowest BCUT2D eigenvalue weighted by Crippen LogP contribution is -2.10. The first kappa shape index (κ1) is 11.4. The first-order valence-corrected chi connectivity index (χ1v) is 6.40. The number of halogens is 1. The number of anilines is 1. The van der Waals surface area contributed by atoms with Gasteiger partial charge in [-0.05, 0) is 43.9 Å². The first-order valence-electron chi connectivity index (χ1n) is 6.02. The summed E-state index contributed by atoms with van der Waals surface area (Å²) >= 11 is 6.15. The number of nitrogen functional groups attached to an aromatic ring is 1. The molecule has 2 N–H and O–H groups in total. The number of hydrogen-bond donors (Lipinski definition) is 1. The van der Waals surface area contributed by atoms with Crippen LogP contribution >= 0.6 is 11.6 Å². The molecule has 92 valence electrons. The number of rotatable bonds is 1. The summed E-state index contributed by atoms with van der Waals surface area (Å²) in [5, 5.41) is 9.02. The molecular formula is C13H13ClN4. The van der Waals surface area contributed by atoms with Gasteiger partial charge in [-0.2, -0.15) is 5.10 Å². The number of hydrogen-bond acceptors (Lipinski definition) is 4. The van der Waals surface area contributed by atoms with Crippen molar-refractivity contribution in [2.24, 2.45) is 0 Å². The molecule has 0 aliphatic heterocycles. The number of nitrogens with two attached hydrogens (primary N) is 1. The van der Waals surface area contributed by atoms with Gasteiger partial charge in [0.25, 0.3) is 0 Å². The second kappa shape index (κ2) is 4.53. The summed E-state index contributed by atoms with van der Waals surface area (Å²) in [6.07, 6.45) is 4.27. The Hall–Kier alpha value is -1.68. The molecule has 0 unspecified atom stereocenters. The molecule has 1 heterocycles. The van der Waals surface area contributed by atoms with E-state index >= 15 is 0 Å². The molecule has 0 saturated carbocycles. The second-order valence-corrected chi connectivity index (χ2v) is 4.88. The molecule has 0 saturated heterocycles. The first-order chi connectivity index (χ1) is 8.74. The molecule has 4 nitrogen and oxygen atoms in total. The molecule has 1 aliphatic rings. The van der Waals surface area contributed by atoms with Crippen LogP contribution < -0.4 is 5.73 Å². The molecular weight excluding hydrogens is 248 g/mol. The number of benzene rings is 1. The van der Waals surface area contributed by atoms with Crippen LogP contribution in [-0.4, -0.2) is 15.2 Å². The molecule has 18 heavy (non-hydrogen) atoms. The van der Waals surface area contributed by atoms with Crippen molar-refractivity contribution in [3.63, 3.8) is 0 Å². The minimum Gasteiger partial charge on any atom is -0.399 e. The second-order valence-electron chi connectivity index (χ2n) is 4.48. The van der Waals surface area contributed by atoms with Crippen LogP contribution in [0.4, 0.5) is 5.69 Å². The molecule has 5 heteroatoms. The minimum atomic E-state index is 0.563. The molecule has 0 atom stereocenters. The van der Waals surface area contributed by atoms with Gasteiger partial charge in [-0.25, -0.2) is 4.98 Å². The largest absolute Gasteiger partial charge is 0.399 e. The quantitative estimate of drug-likeness (QED) is 0.801. The predicted molar refractivity (Wildman–Crippen MR) is 71.3 cm³/mol. The normalized spacial score (nSPS) is 14.3. The van der Waals surface area contributed by atoms with E-state index in [9.17, 15) is 0 Å². The summed E-state index contributed by atoms with van der Waals surface area (Å²) in [5.74, 6) is 0.563. The number of fused-ring (bicyclic) bond motifs is 1. The highest BCUT2D eigenvalue weighted by Crippen LogP contribution is 2.28. The molecule has 1 aromatic heterocycles. The topological polar surface area (TPSA) is 64.7 Å². The van der Waals surface area contributed by atoms with E-state index in [1.165, 1.54) is 6.42 Å². The van der Waals surface area contributed by atoms with Crippen LogP contribution in [0.5, 0.6) is 0 Å². The Morgan fingerprint density at radius 3 is 2.67 bits per heavy atom. The third-order valence-corrected chi connectivity index (χ3v) is 3.48. The van der Waals surface area contributed by atoms with Gasteiger partial charge in [-0.1, -0.05) is 11.6 Å². The molecule has 2 aromatic rings. The molecule has 0 bridgehead atoms. The van der Waals surface area contributed by atoms with Crippen LogP contribution in [0.1, 0.15) is 24.2 Å². The number of nitrogens with zero attached hydrogens (tertiary/aromatic N) is 3. The van der Waals surface area contributed by atoms with E-state index in [0.717, 1.165) is 36.2 Å². The van der Waals surface area contributed by atoms with E-state index in [0.29, 0.717) is 16.5 Å². The van der Waals surface area contributed by atoms with Crippen molar-refractivity contribution >= 4 is 17.3 Å².